The maximum absolute atomic E-state index is 5.16. The highest BCUT2D eigenvalue weighted by Gasteiger charge is 2.30. The van der Waals surface area contributed by atoms with Crippen LogP contribution in [0.5, 0.6) is 0 Å². The number of rotatable bonds is 4. The lowest BCUT2D eigenvalue weighted by molar-refractivity contribution is 0.185. The molecule has 2 heteroatoms. The summed E-state index contributed by atoms with van der Waals surface area (Å²) in [7, 11) is 1.74. The van der Waals surface area contributed by atoms with Crippen LogP contribution in [0, 0.1) is 5.41 Å². The van der Waals surface area contributed by atoms with E-state index in [0.29, 0.717) is 18.1 Å². The highest BCUT2D eigenvalue weighted by molar-refractivity contribution is 5.46. The molecule has 1 aromatic carbocycles. The quantitative estimate of drug-likeness (QED) is 0.853. The van der Waals surface area contributed by atoms with E-state index in [9.17, 15) is 0 Å². The van der Waals surface area contributed by atoms with Gasteiger partial charge in [-0.2, -0.15) is 0 Å². The Balaban J connectivity index is 1.97. The Bertz CT molecular complexity index is 373. The molecule has 1 unspecified atom stereocenters. The first kappa shape index (κ1) is 12.4. The van der Waals surface area contributed by atoms with Gasteiger partial charge in [-0.25, -0.2) is 0 Å². The van der Waals surface area contributed by atoms with Gasteiger partial charge in [-0.1, -0.05) is 26.0 Å². The first-order valence-corrected chi connectivity index (χ1v) is 6.43. The van der Waals surface area contributed by atoms with Gasteiger partial charge in [0.25, 0.3) is 0 Å². The van der Waals surface area contributed by atoms with Crippen molar-refractivity contribution in [2.24, 2.45) is 5.41 Å². The summed E-state index contributed by atoms with van der Waals surface area (Å²) < 4.78 is 5.16. The lowest BCUT2D eigenvalue weighted by Crippen LogP contribution is -2.17. The highest BCUT2D eigenvalue weighted by atomic mass is 16.5. The lowest BCUT2D eigenvalue weighted by Gasteiger charge is -2.19. The molecule has 1 N–H and O–H groups in total. The van der Waals surface area contributed by atoms with E-state index >= 15 is 0 Å². The van der Waals surface area contributed by atoms with Crippen LogP contribution in [0.4, 0.5) is 5.69 Å². The van der Waals surface area contributed by atoms with Crippen molar-refractivity contribution < 1.29 is 4.74 Å². The van der Waals surface area contributed by atoms with Crippen molar-refractivity contribution in [1.29, 1.82) is 0 Å². The maximum Gasteiger partial charge on any atom is 0.0713 e. The molecular weight excluding hydrogens is 210 g/mol. The summed E-state index contributed by atoms with van der Waals surface area (Å²) in [5.74, 6) is 0. The van der Waals surface area contributed by atoms with Gasteiger partial charge in [0.2, 0.25) is 0 Å². The molecule has 1 saturated carbocycles. The Morgan fingerprint density at radius 3 is 2.88 bits per heavy atom. The fraction of sp³-hybridized carbons (Fsp3) is 0.600. The molecule has 94 valence electrons. The van der Waals surface area contributed by atoms with E-state index in [4.69, 9.17) is 4.74 Å². The molecule has 1 aromatic rings. The van der Waals surface area contributed by atoms with Gasteiger partial charge in [-0.15, -0.1) is 0 Å². The lowest BCUT2D eigenvalue weighted by atomic mass is 9.92. The average Bonchev–Trinajstić information content (AvgIpc) is 2.59. The minimum Gasteiger partial charge on any atom is -0.382 e. The Morgan fingerprint density at radius 2 is 2.24 bits per heavy atom. The second kappa shape index (κ2) is 5.09. The minimum absolute atomic E-state index is 0.502. The third-order valence-corrected chi connectivity index (χ3v) is 3.58. The Morgan fingerprint density at radius 1 is 1.41 bits per heavy atom. The molecule has 0 aromatic heterocycles. The summed E-state index contributed by atoms with van der Waals surface area (Å²) >= 11 is 0. The highest BCUT2D eigenvalue weighted by Crippen LogP contribution is 2.38. The van der Waals surface area contributed by atoms with E-state index in [2.05, 4.69) is 43.4 Å². The van der Waals surface area contributed by atoms with Crippen molar-refractivity contribution in [3.8, 4) is 0 Å². The molecule has 2 nitrogen and oxygen atoms in total. The normalized spacial score (nSPS) is 22.6. The molecule has 1 fully saturated rings. The Kier molecular flexibility index (Phi) is 3.72. The molecule has 0 aliphatic heterocycles. The fourth-order valence-corrected chi connectivity index (χ4v) is 2.71. The Labute approximate surface area is 104 Å². The van der Waals surface area contributed by atoms with E-state index in [-0.39, 0.29) is 0 Å². The Hall–Kier alpha value is -1.02. The number of ether oxygens (including phenoxy) is 1. The van der Waals surface area contributed by atoms with Crippen LogP contribution in [0.1, 0.15) is 38.7 Å². The van der Waals surface area contributed by atoms with Crippen LogP contribution in [0.25, 0.3) is 0 Å². The van der Waals surface area contributed by atoms with Gasteiger partial charge in [-0.05, 0) is 42.4 Å². The maximum atomic E-state index is 5.16. The number of anilines is 1. The SMILES string of the molecule is COCc1cccc(NC2CCC(C)(C)C2)c1. The van der Waals surface area contributed by atoms with Gasteiger partial charge in [0.05, 0.1) is 6.61 Å². The van der Waals surface area contributed by atoms with Gasteiger partial charge in [0, 0.05) is 18.8 Å². The summed E-state index contributed by atoms with van der Waals surface area (Å²) in [5, 5.41) is 3.64. The summed E-state index contributed by atoms with van der Waals surface area (Å²) in [6.07, 6.45) is 3.87. The van der Waals surface area contributed by atoms with Crippen LogP contribution >= 0.6 is 0 Å². The van der Waals surface area contributed by atoms with Crippen LogP contribution in [-0.2, 0) is 11.3 Å². The number of methoxy groups -OCH3 is 1. The number of hydrogen-bond donors (Lipinski definition) is 1. The van der Waals surface area contributed by atoms with Crippen molar-refractivity contribution in [3.63, 3.8) is 0 Å². The second-order valence-electron chi connectivity index (χ2n) is 5.88. The standard InChI is InChI=1S/C15H23NO/c1-15(2)8-7-14(10-15)16-13-6-4-5-12(9-13)11-17-3/h4-6,9,14,16H,7-8,10-11H2,1-3H3. The predicted octanol–water partition coefficient (Wildman–Crippen LogP) is 3.82. The van der Waals surface area contributed by atoms with Gasteiger partial charge in [0.15, 0.2) is 0 Å². The molecule has 0 amide bonds. The van der Waals surface area contributed by atoms with Crippen molar-refractivity contribution in [3.05, 3.63) is 29.8 Å². The van der Waals surface area contributed by atoms with Crippen LogP contribution in [-0.4, -0.2) is 13.2 Å². The summed E-state index contributed by atoms with van der Waals surface area (Å²) in [6, 6.07) is 9.16. The molecule has 0 radical (unpaired) electrons. The van der Waals surface area contributed by atoms with Gasteiger partial charge in [-0.3, -0.25) is 0 Å². The molecule has 0 bridgehead atoms. The summed E-state index contributed by atoms with van der Waals surface area (Å²) in [5.41, 5.74) is 2.96. The number of nitrogens with one attached hydrogen (secondary N) is 1. The molecule has 2 rings (SSSR count). The third kappa shape index (κ3) is 3.47. The van der Waals surface area contributed by atoms with Crippen molar-refractivity contribution >= 4 is 5.69 Å². The van der Waals surface area contributed by atoms with Crippen molar-refractivity contribution in [2.45, 2.75) is 45.8 Å². The van der Waals surface area contributed by atoms with Crippen LogP contribution in [0.3, 0.4) is 0 Å². The van der Waals surface area contributed by atoms with E-state index in [0.717, 1.165) is 0 Å². The zero-order valence-corrected chi connectivity index (χ0v) is 11.1. The minimum atomic E-state index is 0.502. The number of benzene rings is 1. The fourth-order valence-electron chi connectivity index (χ4n) is 2.71. The zero-order valence-electron chi connectivity index (χ0n) is 11.1. The topological polar surface area (TPSA) is 21.3 Å². The van der Waals surface area contributed by atoms with Crippen LogP contribution in [0.15, 0.2) is 24.3 Å². The monoisotopic (exact) mass is 233 g/mol. The third-order valence-electron chi connectivity index (χ3n) is 3.58. The van der Waals surface area contributed by atoms with E-state index in [1.165, 1.54) is 30.5 Å². The molecule has 0 heterocycles. The first-order chi connectivity index (χ1) is 8.09. The van der Waals surface area contributed by atoms with Crippen LogP contribution < -0.4 is 5.32 Å². The van der Waals surface area contributed by atoms with E-state index in [1.807, 2.05) is 0 Å². The summed E-state index contributed by atoms with van der Waals surface area (Å²) in [4.78, 5) is 0. The molecular formula is C15H23NO. The van der Waals surface area contributed by atoms with Crippen molar-refractivity contribution in [2.75, 3.05) is 12.4 Å². The molecule has 1 aliphatic carbocycles. The molecule has 17 heavy (non-hydrogen) atoms. The predicted molar refractivity (Wildman–Crippen MR) is 72.2 cm³/mol. The largest absolute Gasteiger partial charge is 0.382 e. The van der Waals surface area contributed by atoms with E-state index < -0.39 is 0 Å². The molecule has 0 spiro atoms. The van der Waals surface area contributed by atoms with Crippen LogP contribution in [0.2, 0.25) is 0 Å². The van der Waals surface area contributed by atoms with Gasteiger partial charge >= 0.3 is 0 Å². The molecule has 1 atom stereocenters. The van der Waals surface area contributed by atoms with E-state index in [1.54, 1.807) is 7.11 Å². The molecule has 0 saturated heterocycles. The van der Waals surface area contributed by atoms with Gasteiger partial charge in [0.1, 0.15) is 0 Å². The zero-order chi connectivity index (χ0) is 12.3. The average molecular weight is 233 g/mol. The van der Waals surface area contributed by atoms with Crippen molar-refractivity contribution in [1.82, 2.24) is 0 Å². The number of hydrogen-bond acceptors (Lipinski definition) is 2. The summed E-state index contributed by atoms with van der Waals surface area (Å²) in [6.45, 7) is 5.40. The molecule has 1 aliphatic rings. The first-order valence-electron chi connectivity index (χ1n) is 6.43. The smallest absolute Gasteiger partial charge is 0.0713 e. The second-order valence-corrected chi connectivity index (χ2v) is 5.88. The van der Waals surface area contributed by atoms with Gasteiger partial charge < -0.3 is 10.1 Å².